The number of azo groups is 1. The van der Waals surface area contributed by atoms with Gasteiger partial charge in [0.05, 0.1) is 30.8 Å². The number of hydrazone groups is 1. The van der Waals surface area contributed by atoms with Gasteiger partial charge in [-0.1, -0.05) is 18.2 Å². The molecule has 2 fully saturated rings. The van der Waals surface area contributed by atoms with E-state index in [1.54, 1.807) is 30.3 Å². The normalized spacial score (nSPS) is 33.1. The quantitative estimate of drug-likeness (QED) is 0.0863. The standard InChI is InChI=1S/C27H35N5O11/c1-13(35)29-17-8-7-16(31-30-15-5-3-2-4-6-15)9-14(17)10-28-32-26-23(39)22(38)25(19(12-34)41-26)43-27-24(40)21(37)20(36)18(11-33)42-27/h2-10,18-27,32-34,36-40H,11-12H2,1H3,(H,29,35)/b28-10-,31-30?/t18-,19-,20-,21+,22-,23-,24-,25-,26?,27+/m1/s1. The Morgan fingerprint density at radius 2 is 1.56 bits per heavy atom. The molecule has 1 amide bonds. The number of nitrogens with one attached hydrogen (secondary N) is 2. The average molecular weight is 606 g/mol. The molecular formula is C27H35N5O11. The van der Waals surface area contributed by atoms with Crippen LogP contribution in [0.2, 0.25) is 0 Å². The summed E-state index contributed by atoms with van der Waals surface area (Å²) in [6.45, 7) is -0.0601. The summed E-state index contributed by atoms with van der Waals surface area (Å²) in [6.07, 6.45) is -14.2. The van der Waals surface area contributed by atoms with Crippen LogP contribution in [0.15, 0.2) is 63.9 Å². The molecule has 1 unspecified atom stereocenters. The molecule has 0 aliphatic carbocycles. The van der Waals surface area contributed by atoms with Gasteiger partial charge in [0.25, 0.3) is 0 Å². The fraction of sp³-hybridized carbons (Fsp3) is 0.481. The minimum Gasteiger partial charge on any atom is -0.394 e. The number of nitrogens with zero attached hydrogens (tertiary/aromatic N) is 3. The van der Waals surface area contributed by atoms with E-state index in [1.807, 2.05) is 18.2 Å². The molecule has 16 nitrogen and oxygen atoms in total. The van der Waals surface area contributed by atoms with E-state index in [0.29, 0.717) is 22.6 Å². The van der Waals surface area contributed by atoms with Crippen molar-refractivity contribution in [2.24, 2.45) is 15.3 Å². The second-order valence-corrected chi connectivity index (χ2v) is 9.93. The van der Waals surface area contributed by atoms with Crippen molar-refractivity contribution < 1.29 is 54.8 Å². The van der Waals surface area contributed by atoms with Crippen LogP contribution in [0.25, 0.3) is 0 Å². The van der Waals surface area contributed by atoms with Crippen molar-refractivity contribution >= 4 is 29.2 Å². The number of aliphatic hydroxyl groups is 7. The minimum atomic E-state index is -1.78. The number of carbonyl (C=O) groups excluding carboxylic acids is 1. The summed E-state index contributed by atoms with van der Waals surface area (Å²) >= 11 is 0. The topological polar surface area (TPSA) is 248 Å². The lowest BCUT2D eigenvalue weighted by molar-refractivity contribution is -0.343. The molecule has 43 heavy (non-hydrogen) atoms. The maximum absolute atomic E-state index is 11.7. The Kier molecular flexibility index (Phi) is 11.2. The maximum Gasteiger partial charge on any atom is 0.221 e. The van der Waals surface area contributed by atoms with Gasteiger partial charge in [0.15, 0.2) is 12.5 Å². The zero-order valence-electron chi connectivity index (χ0n) is 23.0. The van der Waals surface area contributed by atoms with Gasteiger partial charge >= 0.3 is 0 Å². The van der Waals surface area contributed by atoms with Gasteiger partial charge < -0.3 is 55.3 Å². The molecule has 2 aliphatic heterocycles. The van der Waals surface area contributed by atoms with E-state index in [4.69, 9.17) is 14.2 Å². The third-order valence-corrected chi connectivity index (χ3v) is 6.79. The lowest BCUT2D eigenvalue weighted by Gasteiger charge is -2.45. The van der Waals surface area contributed by atoms with Gasteiger partial charge in [-0.25, -0.2) is 0 Å². The van der Waals surface area contributed by atoms with E-state index in [9.17, 15) is 40.5 Å². The van der Waals surface area contributed by atoms with Crippen LogP contribution < -0.4 is 10.7 Å². The highest BCUT2D eigenvalue weighted by Crippen LogP contribution is 2.29. The van der Waals surface area contributed by atoms with E-state index in [0.717, 1.165) is 0 Å². The fourth-order valence-corrected chi connectivity index (χ4v) is 4.51. The summed E-state index contributed by atoms with van der Waals surface area (Å²) in [5, 5.41) is 86.1. The summed E-state index contributed by atoms with van der Waals surface area (Å²) in [5.74, 6) is -0.327. The first-order valence-corrected chi connectivity index (χ1v) is 13.4. The van der Waals surface area contributed by atoms with Crippen molar-refractivity contribution in [2.75, 3.05) is 18.5 Å². The molecule has 0 spiro atoms. The number of rotatable bonds is 10. The third-order valence-electron chi connectivity index (χ3n) is 6.79. The number of hydrogen-bond acceptors (Lipinski definition) is 15. The average Bonchev–Trinajstić information content (AvgIpc) is 3.00. The van der Waals surface area contributed by atoms with Crippen molar-refractivity contribution in [1.29, 1.82) is 0 Å². The predicted molar refractivity (Wildman–Crippen MR) is 148 cm³/mol. The smallest absolute Gasteiger partial charge is 0.221 e. The molecule has 2 aliphatic rings. The highest BCUT2D eigenvalue weighted by Gasteiger charge is 2.50. The molecule has 10 atom stereocenters. The number of hydrogen-bond donors (Lipinski definition) is 9. The van der Waals surface area contributed by atoms with Crippen molar-refractivity contribution in [3.8, 4) is 0 Å². The number of aliphatic hydroxyl groups excluding tert-OH is 7. The maximum atomic E-state index is 11.7. The van der Waals surface area contributed by atoms with E-state index in [2.05, 4.69) is 26.1 Å². The second-order valence-electron chi connectivity index (χ2n) is 9.93. The molecule has 16 heteroatoms. The number of amides is 1. The highest BCUT2D eigenvalue weighted by molar-refractivity contribution is 5.97. The Bertz CT molecular complexity index is 1270. The second kappa shape index (κ2) is 14.8. The SMILES string of the molecule is CC(=O)Nc1ccc(N=Nc2ccccc2)cc1/C=N\NC1O[C@H](CO)[C@@H](O[C@@H]2O[C@H](CO)[C@@H](O)[C@H](O)[C@H]2O)[C@H](O)[C@H]1O. The van der Waals surface area contributed by atoms with Crippen LogP contribution in [-0.4, -0.2) is 122 Å². The largest absolute Gasteiger partial charge is 0.394 e. The van der Waals surface area contributed by atoms with Crippen LogP contribution in [0.1, 0.15) is 12.5 Å². The van der Waals surface area contributed by atoms with Crippen molar-refractivity contribution in [1.82, 2.24) is 5.43 Å². The molecule has 2 aromatic rings. The van der Waals surface area contributed by atoms with Crippen molar-refractivity contribution in [3.05, 3.63) is 54.1 Å². The van der Waals surface area contributed by atoms with E-state index >= 15 is 0 Å². The van der Waals surface area contributed by atoms with Gasteiger partial charge in [0.2, 0.25) is 5.91 Å². The Balaban J connectivity index is 1.45. The predicted octanol–water partition coefficient (Wildman–Crippen LogP) is -1.39. The molecule has 2 heterocycles. The van der Waals surface area contributed by atoms with Gasteiger partial charge in [-0.2, -0.15) is 15.3 Å². The van der Waals surface area contributed by atoms with Gasteiger partial charge in [0.1, 0.15) is 48.8 Å². The van der Waals surface area contributed by atoms with Crippen LogP contribution in [0.5, 0.6) is 0 Å². The number of benzene rings is 2. The summed E-state index contributed by atoms with van der Waals surface area (Å²) in [7, 11) is 0. The summed E-state index contributed by atoms with van der Waals surface area (Å²) < 4.78 is 16.5. The van der Waals surface area contributed by atoms with Crippen molar-refractivity contribution in [3.63, 3.8) is 0 Å². The number of ether oxygens (including phenoxy) is 3. The first-order valence-electron chi connectivity index (χ1n) is 13.4. The summed E-state index contributed by atoms with van der Waals surface area (Å²) in [6, 6.07) is 13.9. The molecule has 0 bridgehead atoms. The van der Waals surface area contributed by atoms with Crippen LogP contribution in [-0.2, 0) is 19.0 Å². The zero-order valence-corrected chi connectivity index (χ0v) is 23.0. The van der Waals surface area contributed by atoms with Crippen LogP contribution >= 0.6 is 0 Å². The molecule has 0 aromatic heterocycles. The first kappa shape index (κ1) is 32.5. The molecular weight excluding hydrogens is 570 g/mol. The van der Waals surface area contributed by atoms with E-state index < -0.39 is 74.6 Å². The summed E-state index contributed by atoms with van der Waals surface area (Å²) in [4.78, 5) is 11.7. The van der Waals surface area contributed by atoms with Crippen LogP contribution in [0.4, 0.5) is 17.1 Å². The Morgan fingerprint density at radius 1 is 0.860 bits per heavy atom. The third kappa shape index (κ3) is 7.95. The Labute approximate surface area is 245 Å². The van der Waals surface area contributed by atoms with Crippen molar-refractivity contribution in [2.45, 2.75) is 68.3 Å². The number of anilines is 1. The molecule has 0 radical (unpaired) electrons. The molecule has 9 N–H and O–H groups in total. The molecule has 2 saturated heterocycles. The van der Waals surface area contributed by atoms with Gasteiger partial charge in [-0.05, 0) is 30.3 Å². The monoisotopic (exact) mass is 605 g/mol. The van der Waals surface area contributed by atoms with Gasteiger partial charge in [-0.15, -0.1) is 0 Å². The van der Waals surface area contributed by atoms with E-state index in [1.165, 1.54) is 13.1 Å². The van der Waals surface area contributed by atoms with E-state index in [-0.39, 0.29) is 5.91 Å². The van der Waals surface area contributed by atoms with Crippen LogP contribution in [0.3, 0.4) is 0 Å². The lowest BCUT2D eigenvalue weighted by Crippen LogP contribution is -2.65. The Morgan fingerprint density at radius 3 is 2.23 bits per heavy atom. The fourth-order valence-electron chi connectivity index (χ4n) is 4.51. The molecule has 4 rings (SSSR count). The highest BCUT2D eigenvalue weighted by atomic mass is 16.7. The zero-order chi connectivity index (χ0) is 31.1. The summed E-state index contributed by atoms with van der Waals surface area (Å²) in [5.41, 5.74) is 4.47. The van der Waals surface area contributed by atoms with Gasteiger partial charge in [0, 0.05) is 18.2 Å². The Hall–Kier alpha value is -3.42. The number of carbonyl (C=O) groups is 1. The lowest BCUT2D eigenvalue weighted by atomic mass is 9.96. The van der Waals surface area contributed by atoms with Crippen LogP contribution in [0, 0.1) is 0 Å². The minimum absolute atomic E-state index is 0.327. The molecule has 234 valence electrons. The molecule has 0 saturated carbocycles. The van der Waals surface area contributed by atoms with Gasteiger partial charge in [-0.3, -0.25) is 10.2 Å². The molecule has 2 aromatic carbocycles. The first-order chi connectivity index (χ1) is 20.6.